The standard InChI is InChI=1S/C18H20N2O/c19-17-11-4-2-7-14(17)12-20-18(21)16-10-5-8-13-6-1-3-9-15(13)16/h1-4,6-7,9,11,16H,5,8,10,12,19H2,(H,20,21). The first-order valence-electron chi connectivity index (χ1n) is 7.44. The molecule has 1 aliphatic rings. The molecule has 0 saturated carbocycles. The van der Waals surface area contributed by atoms with E-state index in [-0.39, 0.29) is 11.8 Å². The fourth-order valence-corrected chi connectivity index (χ4v) is 3.03. The molecule has 3 N–H and O–H groups in total. The van der Waals surface area contributed by atoms with Gasteiger partial charge in [-0.15, -0.1) is 0 Å². The van der Waals surface area contributed by atoms with Gasteiger partial charge >= 0.3 is 0 Å². The van der Waals surface area contributed by atoms with E-state index >= 15 is 0 Å². The minimum Gasteiger partial charge on any atom is -0.398 e. The van der Waals surface area contributed by atoms with Crippen LogP contribution in [-0.4, -0.2) is 5.91 Å². The lowest BCUT2D eigenvalue weighted by Gasteiger charge is -2.24. The molecular weight excluding hydrogens is 260 g/mol. The second-order valence-electron chi connectivity index (χ2n) is 5.56. The number of aryl methyl sites for hydroxylation is 1. The van der Waals surface area contributed by atoms with Crippen molar-refractivity contribution in [1.29, 1.82) is 0 Å². The van der Waals surface area contributed by atoms with Crippen LogP contribution in [0.15, 0.2) is 48.5 Å². The molecule has 3 heteroatoms. The minimum atomic E-state index is -0.0279. The van der Waals surface area contributed by atoms with Crippen molar-refractivity contribution < 1.29 is 4.79 Å². The van der Waals surface area contributed by atoms with Gasteiger partial charge in [0.1, 0.15) is 0 Å². The van der Waals surface area contributed by atoms with Gasteiger partial charge in [-0.05, 0) is 42.0 Å². The van der Waals surface area contributed by atoms with E-state index in [1.54, 1.807) is 0 Å². The third-order valence-corrected chi connectivity index (χ3v) is 4.19. The quantitative estimate of drug-likeness (QED) is 0.849. The Balaban J connectivity index is 1.71. The maximum Gasteiger partial charge on any atom is 0.227 e. The summed E-state index contributed by atoms with van der Waals surface area (Å²) in [6.45, 7) is 0.490. The Hall–Kier alpha value is -2.29. The van der Waals surface area contributed by atoms with Gasteiger partial charge in [-0.2, -0.15) is 0 Å². The molecule has 3 nitrogen and oxygen atoms in total. The molecule has 0 spiro atoms. The summed E-state index contributed by atoms with van der Waals surface area (Å²) >= 11 is 0. The molecule has 1 amide bonds. The average molecular weight is 280 g/mol. The van der Waals surface area contributed by atoms with Crippen LogP contribution in [0, 0.1) is 0 Å². The van der Waals surface area contributed by atoms with Crippen LogP contribution in [0.3, 0.4) is 0 Å². The molecular formula is C18H20N2O. The van der Waals surface area contributed by atoms with Gasteiger partial charge in [-0.1, -0.05) is 42.5 Å². The van der Waals surface area contributed by atoms with E-state index in [2.05, 4.69) is 17.4 Å². The zero-order chi connectivity index (χ0) is 14.7. The average Bonchev–Trinajstić information content (AvgIpc) is 2.53. The van der Waals surface area contributed by atoms with Crippen LogP contribution in [0.25, 0.3) is 0 Å². The van der Waals surface area contributed by atoms with Gasteiger partial charge in [0.15, 0.2) is 0 Å². The first kappa shape index (κ1) is 13.7. The number of nitrogens with two attached hydrogens (primary N) is 1. The summed E-state index contributed by atoms with van der Waals surface area (Å²) in [5.74, 6) is 0.0743. The molecule has 0 heterocycles. The highest BCUT2D eigenvalue weighted by atomic mass is 16.1. The van der Waals surface area contributed by atoms with E-state index < -0.39 is 0 Å². The lowest BCUT2D eigenvalue weighted by molar-refractivity contribution is -0.123. The number of fused-ring (bicyclic) bond motifs is 1. The number of hydrogen-bond acceptors (Lipinski definition) is 2. The van der Waals surface area contributed by atoms with Crippen molar-refractivity contribution in [2.45, 2.75) is 31.7 Å². The summed E-state index contributed by atoms with van der Waals surface area (Å²) in [5.41, 5.74) is 10.1. The number of anilines is 1. The van der Waals surface area contributed by atoms with E-state index in [0.29, 0.717) is 6.54 Å². The number of carbonyl (C=O) groups excluding carboxylic acids is 1. The summed E-state index contributed by atoms with van der Waals surface area (Å²) in [7, 11) is 0. The van der Waals surface area contributed by atoms with Crippen LogP contribution in [0.5, 0.6) is 0 Å². The molecule has 1 unspecified atom stereocenters. The van der Waals surface area contributed by atoms with Crippen molar-refractivity contribution in [2.75, 3.05) is 5.73 Å². The fraction of sp³-hybridized carbons (Fsp3) is 0.278. The molecule has 108 valence electrons. The summed E-state index contributed by atoms with van der Waals surface area (Å²) in [5, 5.41) is 3.03. The molecule has 1 atom stereocenters. The number of amides is 1. The smallest absolute Gasteiger partial charge is 0.227 e. The van der Waals surface area contributed by atoms with Crippen molar-refractivity contribution in [3.8, 4) is 0 Å². The molecule has 0 radical (unpaired) electrons. The van der Waals surface area contributed by atoms with Gasteiger partial charge < -0.3 is 11.1 Å². The van der Waals surface area contributed by atoms with Crippen molar-refractivity contribution in [2.24, 2.45) is 0 Å². The maximum atomic E-state index is 12.5. The van der Waals surface area contributed by atoms with Crippen LogP contribution < -0.4 is 11.1 Å². The summed E-state index contributed by atoms with van der Waals surface area (Å²) in [6.07, 6.45) is 3.07. The van der Waals surface area contributed by atoms with Gasteiger partial charge in [0.25, 0.3) is 0 Å². The maximum absolute atomic E-state index is 12.5. The van der Waals surface area contributed by atoms with Crippen molar-refractivity contribution in [1.82, 2.24) is 5.32 Å². The van der Waals surface area contributed by atoms with Crippen LogP contribution in [0.2, 0.25) is 0 Å². The Labute approximate surface area is 125 Å². The minimum absolute atomic E-state index is 0.0279. The van der Waals surface area contributed by atoms with Crippen LogP contribution in [0.1, 0.15) is 35.4 Å². The van der Waals surface area contributed by atoms with Gasteiger partial charge in [0.05, 0.1) is 5.92 Å². The Morgan fingerprint density at radius 1 is 1.14 bits per heavy atom. The lowest BCUT2D eigenvalue weighted by Crippen LogP contribution is -2.31. The van der Waals surface area contributed by atoms with E-state index in [9.17, 15) is 4.79 Å². The van der Waals surface area contributed by atoms with E-state index in [1.807, 2.05) is 36.4 Å². The Morgan fingerprint density at radius 2 is 1.90 bits per heavy atom. The number of para-hydroxylation sites is 1. The zero-order valence-corrected chi connectivity index (χ0v) is 12.0. The number of hydrogen-bond donors (Lipinski definition) is 2. The number of nitrogen functional groups attached to an aromatic ring is 1. The second-order valence-corrected chi connectivity index (χ2v) is 5.56. The van der Waals surface area contributed by atoms with Crippen molar-refractivity contribution >= 4 is 11.6 Å². The number of nitrogens with one attached hydrogen (secondary N) is 1. The summed E-state index contributed by atoms with van der Waals surface area (Å²) in [4.78, 5) is 12.5. The molecule has 2 aromatic rings. The second kappa shape index (κ2) is 6.00. The number of benzene rings is 2. The fourth-order valence-electron chi connectivity index (χ4n) is 3.03. The largest absolute Gasteiger partial charge is 0.398 e. The van der Waals surface area contributed by atoms with Crippen molar-refractivity contribution in [3.05, 3.63) is 65.2 Å². The predicted octanol–water partition coefficient (Wildman–Crippen LogP) is 3.01. The van der Waals surface area contributed by atoms with Gasteiger partial charge in [-0.25, -0.2) is 0 Å². The van der Waals surface area contributed by atoms with Gasteiger partial charge in [-0.3, -0.25) is 4.79 Å². The van der Waals surface area contributed by atoms with Gasteiger partial charge in [0, 0.05) is 12.2 Å². The van der Waals surface area contributed by atoms with Gasteiger partial charge in [0.2, 0.25) is 5.91 Å². The van der Waals surface area contributed by atoms with E-state index in [4.69, 9.17) is 5.73 Å². The Morgan fingerprint density at radius 3 is 2.76 bits per heavy atom. The molecule has 3 rings (SSSR count). The summed E-state index contributed by atoms with van der Waals surface area (Å²) in [6, 6.07) is 15.9. The highest BCUT2D eigenvalue weighted by Crippen LogP contribution is 2.31. The normalized spacial score (nSPS) is 17.0. The SMILES string of the molecule is Nc1ccccc1CNC(=O)C1CCCc2ccccc21. The summed E-state index contributed by atoms with van der Waals surface area (Å²) < 4.78 is 0. The van der Waals surface area contributed by atoms with Crippen LogP contribution >= 0.6 is 0 Å². The topological polar surface area (TPSA) is 55.1 Å². The molecule has 0 bridgehead atoms. The van der Waals surface area contributed by atoms with Crippen molar-refractivity contribution in [3.63, 3.8) is 0 Å². The van der Waals surface area contributed by atoms with Crippen LogP contribution in [0.4, 0.5) is 5.69 Å². The molecule has 0 saturated heterocycles. The molecule has 2 aromatic carbocycles. The zero-order valence-electron chi connectivity index (χ0n) is 12.0. The molecule has 0 fully saturated rings. The monoisotopic (exact) mass is 280 g/mol. The predicted molar refractivity (Wildman–Crippen MR) is 84.8 cm³/mol. The highest BCUT2D eigenvalue weighted by molar-refractivity contribution is 5.84. The number of carbonyl (C=O) groups is 1. The first-order chi connectivity index (χ1) is 10.3. The molecule has 21 heavy (non-hydrogen) atoms. The number of rotatable bonds is 3. The highest BCUT2D eigenvalue weighted by Gasteiger charge is 2.25. The Bertz CT molecular complexity index is 651. The third-order valence-electron chi connectivity index (χ3n) is 4.19. The van der Waals surface area contributed by atoms with Crippen LogP contribution in [-0.2, 0) is 17.8 Å². The van der Waals surface area contributed by atoms with E-state index in [1.165, 1.54) is 11.1 Å². The molecule has 0 aromatic heterocycles. The third kappa shape index (κ3) is 2.92. The van der Waals surface area contributed by atoms with E-state index in [0.717, 1.165) is 30.5 Å². The molecule has 0 aliphatic heterocycles. The molecule has 1 aliphatic carbocycles. The first-order valence-corrected chi connectivity index (χ1v) is 7.44. The lowest BCUT2D eigenvalue weighted by atomic mass is 9.82. The Kier molecular flexibility index (Phi) is 3.91.